The van der Waals surface area contributed by atoms with Crippen LogP contribution in [0.15, 0.2) is 18.2 Å². The van der Waals surface area contributed by atoms with E-state index in [1.54, 1.807) is 32.2 Å². The van der Waals surface area contributed by atoms with Crippen molar-refractivity contribution in [3.8, 4) is 11.5 Å². The highest BCUT2D eigenvalue weighted by atomic mass is 16.6. The molecule has 0 amide bonds. The maximum atomic E-state index is 11.2. The van der Waals surface area contributed by atoms with Crippen LogP contribution in [0, 0.1) is 0 Å². The van der Waals surface area contributed by atoms with Crippen molar-refractivity contribution in [2.75, 3.05) is 14.2 Å². The van der Waals surface area contributed by atoms with Gasteiger partial charge in [0.2, 0.25) is 0 Å². The summed E-state index contributed by atoms with van der Waals surface area (Å²) in [5.74, 6) is 0.832. The number of methoxy groups -OCH3 is 2. The lowest BCUT2D eigenvalue weighted by atomic mass is 10.2. The van der Waals surface area contributed by atoms with Crippen molar-refractivity contribution in [3.63, 3.8) is 0 Å². The van der Waals surface area contributed by atoms with Crippen molar-refractivity contribution in [2.24, 2.45) is 5.73 Å². The summed E-state index contributed by atoms with van der Waals surface area (Å²) in [4.78, 5) is 11.2. The molecule has 0 aliphatic carbocycles. The van der Waals surface area contributed by atoms with Crippen LogP contribution in [-0.4, -0.2) is 26.3 Å². The Balaban J connectivity index is 2.87. The van der Waals surface area contributed by atoms with Crippen LogP contribution in [0.1, 0.15) is 12.5 Å². The summed E-state index contributed by atoms with van der Waals surface area (Å²) in [6, 6.07) is 5.25. The molecule has 0 saturated carbocycles. The van der Waals surface area contributed by atoms with Gasteiger partial charge < -0.3 is 19.9 Å². The minimum atomic E-state index is -0.668. The van der Waals surface area contributed by atoms with Crippen LogP contribution in [0.2, 0.25) is 0 Å². The molecule has 2 N–H and O–H groups in total. The molecular weight excluding hydrogens is 222 g/mol. The van der Waals surface area contributed by atoms with E-state index in [4.69, 9.17) is 15.2 Å². The number of carbonyl (C=O) groups excluding carboxylic acids is 1. The van der Waals surface area contributed by atoms with Crippen molar-refractivity contribution >= 4 is 5.97 Å². The summed E-state index contributed by atoms with van der Waals surface area (Å²) in [5.41, 5.74) is 6.38. The third-order valence-electron chi connectivity index (χ3n) is 2.32. The zero-order chi connectivity index (χ0) is 12.8. The Morgan fingerprint density at radius 1 is 1.41 bits per heavy atom. The number of hydrogen-bond acceptors (Lipinski definition) is 5. The van der Waals surface area contributed by atoms with Crippen LogP contribution >= 0.6 is 0 Å². The molecule has 5 heteroatoms. The van der Waals surface area contributed by atoms with Crippen LogP contribution in [0.4, 0.5) is 0 Å². The van der Waals surface area contributed by atoms with Gasteiger partial charge in [-0.05, 0) is 25.1 Å². The topological polar surface area (TPSA) is 70.8 Å². The fourth-order valence-corrected chi connectivity index (χ4v) is 1.36. The van der Waals surface area contributed by atoms with Crippen LogP contribution in [0.3, 0.4) is 0 Å². The lowest BCUT2D eigenvalue weighted by Crippen LogP contribution is -2.25. The Labute approximate surface area is 100 Å². The maximum Gasteiger partial charge on any atom is 0.346 e. The zero-order valence-electron chi connectivity index (χ0n) is 10.2. The van der Waals surface area contributed by atoms with Gasteiger partial charge in [-0.15, -0.1) is 0 Å². The van der Waals surface area contributed by atoms with E-state index in [1.807, 2.05) is 0 Å². The van der Waals surface area contributed by atoms with Crippen molar-refractivity contribution in [2.45, 2.75) is 19.6 Å². The summed E-state index contributed by atoms with van der Waals surface area (Å²) >= 11 is 0. The zero-order valence-corrected chi connectivity index (χ0v) is 10.2. The molecular formula is C12H17NO4. The molecule has 0 heterocycles. The molecule has 0 fully saturated rings. The van der Waals surface area contributed by atoms with E-state index in [2.05, 4.69) is 4.74 Å². The number of hydrogen-bond donors (Lipinski definition) is 1. The number of benzene rings is 1. The molecule has 0 aliphatic rings. The number of carbonyl (C=O) groups is 1. The molecule has 0 saturated heterocycles. The first-order valence-electron chi connectivity index (χ1n) is 5.23. The summed E-state index contributed by atoms with van der Waals surface area (Å²) in [5, 5.41) is 0. The number of esters is 1. The van der Waals surface area contributed by atoms with E-state index in [9.17, 15) is 4.79 Å². The minimum Gasteiger partial charge on any atom is -0.497 e. The summed E-state index contributed by atoms with van der Waals surface area (Å²) in [6.45, 7) is 1.93. The summed E-state index contributed by atoms with van der Waals surface area (Å²) in [7, 11) is 2.90. The molecule has 17 heavy (non-hydrogen) atoms. The van der Waals surface area contributed by atoms with Gasteiger partial charge >= 0.3 is 5.97 Å². The normalized spacial score (nSPS) is 11.8. The lowest BCUT2D eigenvalue weighted by Gasteiger charge is -2.15. The van der Waals surface area contributed by atoms with Crippen molar-refractivity contribution in [1.29, 1.82) is 0 Å². The Morgan fingerprint density at radius 3 is 2.65 bits per heavy atom. The largest absolute Gasteiger partial charge is 0.497 e. The highest BCUT2D eigenvalue weighted by Crippen LogP contribution is 2.24. The highest BCUT2D eigenvalue weighted by Gasteiger charge is 2.16. The second-order valence-corrected chi connectivity index (χ2v) is 3.46. The fraction of sp³-hybridized carbons (Fsp3) is 0.417. The van der Waals surface area contributed by atoms with Gasteiger partial charge in [-0.2, -0.15) is 0 Å². The number of nitrogens with two attached hydrogens (primary N) is 1. The average Bonchev–Trinajstić information content (AvgIpc) is 2.37. The monoisotopic (exact) mass is 239 g/mol. The van der Waals surface area contributed by atoms with Gasteiger partial charge in [0.05, 0.1) is 14.2 Å². The molecule has 0 aliphatic heterocycles. The highest BCUT2D eigenvalue weighted by molar-refractivity contribution is 5.74. The molecule has 5 nitrogen and oxygen atoms in total. The molecule has 1 rings (SSSR count). The maximum absolute atomic E-state index is 11.2. The Bertz CT molecular complexity index is 392. The Kier molecular flexibility index (Phi) is 4.78. The third-order valence-corrected chi connectivity index (χ3v) is 2.32. The SMILES string of the molecule is COC(=O)C(C)Oc1ccc(OC)cc1CN. The molecule has 1 aromatic rings. The van der Waals surface area contributed by atoms with Crippen molar-refractivity contribution in [3.05, 3.63) is 23.8 Å². The van der Waals surface area contributed by atoms with E-state index < -0.39 is 12.1 Å². The lowest BCUT2D eigenvalue weighted by molar-refractivity contribution is -0.147. The third kappa shape index (κ3) is 3.35. The quantitative estimate of drug-likeness (QED) is 0.779. The van der Waals surface area contributed by atoms with E-state index in [1.165, 1.54) is 7.11 Å². The minimum absolute atomic E-state index is 0.306. The first-order valence-corrected chi connectivity index (χ1v) is 5.23. The predicted molar refractivity (Wildman–Crippen MR) is 63.0 cm³/mol. The van der Waals surface area contributed by atoms with Gasteiger partial charge in [-0.1, -0.05) is 0 Å². The van der Waals surface area contributed by atoms with Gasteiger partial charge in [0, 0.05) is 12.1 Å². The molecule has 94 valence electrons. The first-order chi connectivity index (χ1) is 8.12. The summed E-state index contributed by atoms with van der Waals surface area (Å²) in [6.07, 6.45) is -0.668. The van der Waals surface area contributed by atoms with E-state index in [-0.39, 0.29) is 0 Å². The fourth-order valence-electron chi connectivity index (χ4n) is 1.36. The second-order valence-electron chi connectivity index (χ2n) is 3.46. The van der Waals surface area contributed by atoms with Crippen molar-refractivity contribution < 1.29 is 19.0 Å². The summed E-state index contributed by atoms with van der Waals surface area (Å²) < 4.78 is 15.1. The van der Waals surface area contributed by atoms with Crippen LogP contribution in [0.25, 0.3) is 0 Å². The Hall–Kier alpha value is -1.75. The van der Waals surface area contributed by atoms with Gasteiger partial charge in [0.25, 0.3) is 0 Å². The molecule has 0 bridgehead atoms. The Morgan fingerprint density at radius 2 is 2.12 bits per heavy atom. The van der Waals surface area contributed by atoms with E-state index >= 15 is 0 Å². The smallest absolute Gasteiger partial charge is 0.346 e. The van der Waals surface area contributed by atoms with Gasteiger partial charge in [0.1, 0.15) is 11.5 Å². The van der Waals surface area contributed by atoms with E-state index in [0.717, 1.165) is 5.56 Å². The average molecular weight is 239 g/mol. The van der Waals surface area contributed by atoms with Gasteiger partial charge in [0.15, 0.2) is 6.10 Å². The molecule has 0 spiro atoms. The molecule has 0 radical (unpaired) electrons. The first kappa shape index (κ1) is 13.3. The van der Waals surface area contributed by atoms with Gasteiger partial charge in [-0.3, -0.25) is 0 Å². The van der Waals surface area contributed by atoms with Crippen LogP contribution < -0.4 is 15.2 Å². The van der Waals surface area contributed by atoms with Crippen LogP contribution in [0.5, 0.6) is 11.5 Å². The number of ether oxygens (including phenoxy) is 3. The standard InChI is InChI=1S/C12H17NO4/c1-8(12(14)16-3)17-11-5-4-10(15-2)6-9(11)7-13/h4-6,8H,7,13H2,1-3H3. The predicted octanol–water partition coefficient (Wildman–Crippen LogP) is 1.09. The molecule has 0 aromatic heterocycles. The molecule has 1 unspecified atom stereocenters. The van der Waals surface area contributed by atoms with Gasteiger partial charge in [-0.25, -0.2) is 4.79 Å². The molecule has 1 aromatic carbocycles. The molecule has 1 atom stereocenters. The number of rotatable bonds is 5. The van der Waals surface area contributed by atoms with Crippen LogP contribution in [-0.2, 0) is 16.1 Å². The second kappa shape index (κ2) is 6.10. The van der Waals surface area contributed by atoms with Crippen molar-refractivity contribution in [1.82, 2.24) is 0 Å². The van der Waals surface area contributed by atoms with E-state index in [0.29, 0.717) is 18.0 Å².